The highest BCUT2D eigenvalue weighted by Gasteiger charge is 2.40. The number of carboxylic acids is 2. The molecule has 4 rings (SSSR count). The van der Waals surface area contributed by atoms with Gasteiger partial charge in [0.2, 0.25) is 5.91 Å². The summed E-state index contributed by atoms with van der Waals surface area (Å²) in [6, 6.07) is 18.6. The molecule has 0 radical (unpaired) electrons. The summed E-state index contributed by atoms with van der Waals surface area (Å²) in [4.78, 5) is 65.3. The molecule has 0 saturated carbocycles. The van der Waals surface area contributed by atoms with E-state index < -0.39 is 48.6 Å². The normalized spacial score (nSPS) is 12.1. The first kappa shape index (κ1) is 31.3. The largest absolute Gasteiger partial charge is 0.514 e. The summed E-state index contributed by atoms with van der Waals surface area (Å²) in [5, 5.41) is 19.5. The van der Waals surface area contributed by atoms with Gasteiger partial charge in [-0.25, -0.2) is 19.3 Å². The number of aliphatic carboxylic acids is 2. The van der Waals surface area contributed by atoms with Gasteiger partial charge in [-0.15, -0.1) is 0 Å². The number of carboxylic acid groups (broad SMARTS) is 2. The molecule has 44 heavy (non-hydrogen) atoms. The number of nitrogens with one attached hydrogen (secondary N) is 1. The fourth-order valence-corrected chi connectivity index (χ4v) is 4.35. The third-order valence-corrected chi connectivity index (χ3v) is 6.50. The molecule has 2 atom stereocenters. The lowest BCUT2D eigenvalue weighted by Gasteiger charge is -2.28. The number of amides is 2. The molecule has 13 heteroatoms. The average Bonchev–Trinajstić information content (AvgIpc) is 3.41. The van der Waals surface area contributed by atoms with Gasteiger partial charge in [-0.1, -0.05) is 60.7 Å². The molecular formula is C31H29N3O10. The maximum absolute atomic E-state index is 13.4. The molecule has 0 aliphatic rings. The Morgan fingerprint density at radius 1 is 0.841 bits per heavy atom. The van der Waals surface area contributed by atoms with Crippen LogP contribution < -0.4 is 10.5 Å². The fourth-order valence-electron chi connectivity index (χ4n) is 4.35. The molecule has 5 N–H and O–H groups in total. The van der Waals surface area contributed by atoms with Crippen molar-refractivity contribution < 1.29 is 48.4 Å². The van der Waals surface area contributed by atoms with Crippen LogP contribution in [0.2, 0.25) is 0 Å². The number of rotatable bonds is 12. The number of nitrogens with two attached hydrogens (primary N) is 1. The molecular weight excluding hydrogens is 574 g/mol. The second-order valence-corrected chi connectivity index (χ2v) is 9.66. The molecule has 3 aromatic carbocycles. The number of imide groups is 1. The van der Waals surface area contributed by atoms with E-state index in [1.54, 1.807) is 54.7 Å². The summed E-state index contributed by atoms with van der Waals surface area (Å²) in [7, 11) is 0. The van der Waals surface area contributed by atoms with Gasteiger partial charge in [0.15, 0.2) is 6.04 Å². The Morgan fingerprint density at radius 2 is 1.45 bits per heavy atom. The maximum atomic E-state index is 13.4. The smallest absolute Gasteiger partial charge is 0.481 e. The fraction of sp³-hybridized carbons (Fsp3) is 0.194. The summed E-state index contributed by atoms with van der Waals surface area (Å²) in [6.07, 6.45) is -1.99. The van der Waals surface area contributed by atoms with E-state index in [9.17, 15) is 34.2 Å². The SMILES string of the molecule is N[C@@H](Cc1c[nH]c2ccc(OC(=O)OCc3ccccc3)cc12)C(=O)N(C(=O)OCc1ccccc1)[C@@H](CC(=O)O)C(=O)O. The number of fused-ring (bicyclic) bond motifs is 1. The Hall–Kier alpha value is -5.69. The minimum Gasteiger partial charge on any atom is -0.481 e. The number of H-pyrrole nitrogens is 1. The number of benzene rings is 3. The summed E-state index contributed by atoms with van der Waals surface area (Å²) in [5.41, 5.74) is 8.59. The van der Waals surface area contributed by atoms with Crippen molar-refractivity contribution >= 4 is 41.0 Å². The van der Waals surface area contributed by atoms with Crippen LogP contribution in [0, 0.1) is 0 Å². The lowest BCUT2D eigenvalue weighted by atomic mass is 10.0. The van der Waals surface area contributed by atoms with Gasteiger partial charge in [0.1, 0.15) is 19.0 Å². The molecule has 0 fully saturated rings. The molecule has 0 unspecified atom stereocenters. The third-order valence-electron chi connectivity index (χ3n) is 6.50. The van der Waals surface area contributed by atoms with E-state index >= 15 is 0 Å². The average molecular weight is 604 g/mol. The highest BCUT2D eigenvalue weighted by molar-refractivity contribution is 6.00. The molecule has 228 valence electrons. The third kappa shape index (κ3) is 8.20. The van der Waals surface area contributed by atoms with Crippen LogP contribution in [0.3, 0.4) is 0 Å². The highest BCUT2D eigenvalue weighted by atomic mass is 16.7. The number of carbonyl (C=O) groups is 5. The van der Waals surface area contributed by atoms with Crippen LogP contribution in [0.15, 0.2) is 85.1 Å². The highest BCUT2D eigenvalue weighted by Crippen LogP contribution is 2.26. The Labute approximate surface area is 250 Å². The first-order valence-corrected chi connectivity index (χ1v) is 13.3. The molecule has 4 aromatic rings. The van der Waals surface area contributed by atoms with Crippen molar-refractivity contribution in [3.8, 4) is 5.75 Å². The van der Waals surface area contributed by atoms with Crippen molar-refractivity contribution in [1.82, 2.24) is 9.88 Å². The van der Waals surface area contributed by atoms with Crippen molar-refractivity contribution in [2.45, 2.75) is 38.1 Å². The predicted molar refractivity (Wildman–Crippen MR) is 154 cm³/mol. The Bertz CT molecular complexity index is 1640. The zero-order chi connectivity index (χ0) is 31.6. The quantitative estimate of drug-likeness (QED) is 0.135. The van der Waals surface area contributed by atoms with Crippen molar-refractivity contribution in [2.75, 3.05) is 0 Å². The van der Waals surface area contributed by atoms with Gasteiger partial charge in [0.25, 0.3) is 0 Å². The van der Waals surface area contributed by atoms with E-state index in [1.165, 1.54) is 12.1 Å². The Kier molecular flexibility index (Phi) is 10.3. The number of ether oxygens (including phenoxy) is 3. The van der Waals surface area contributed by atoms with Crippen LogP contribution in [0.1, 0.15) is 23.1 Å². The number of carbonyl (C=O) groups excluding carboxylic acids is 3. The van der Waals surface area contributed by atoms with E-state index in [0.29, 0.717) is 22.0 Å². The minimum atomic E-state index is -2.07. The number of aromatic amines is 1. The van der Waals surface area contributed by atoms with E-state index in [1.807, 2.05) is 18.2 Å². The number of nitrogens with zero attached hydrogens (tertiary/aromatic N) is 1. The van der Waals surface area contributed by atoms with Crippen molar-refractivity contribution in [3.63, 3.8) is 0 Å². The van der Waals surface area contributed by atoms with Crippen LogP contribution in [-0.4, -0.2) is 62.3 Å². The molecule has 1 heterocycles. The number of aromatic nitrogens is 1. The number of hydrogen-bond donors (Lipinski definition) is 4. The lowest BCUT2D eigenvalue weighted by Crippen LogP contribution is -2.55. The number of hydrogen-bond acceptors (Lipinski definition) is 9. The van der Waals surface area contributed by atoms with E-state index in [4.69, 9.17) is 19.9 Å². The lowest BCUT2D eigenvalue weighted by molar-refractivity contribution is -0.153. The standard InChI is InChI=1S/C31H29N3O10/c32-24(28(37)34(26(29(38)39)15-27(35)36)30(40)42-17-19-7-3-1-4-8-19)13-21-16-33-25-12-11-22(14-23(21)25)44-31(41)43-18-20-9-5-2-6-10-20/h1-12,14,16,24,26,33H,13,15,17-18,32H2,(H,35,36)(H,38,39)/t24-,26-/m0/s1. The first-order valence-electron chi connectivity index (χ1n) is 13.3. The predicted octanol–water partition coefficient (Wildman–Crippen LogP) is 3.85. The zero-order valence-electron chi connectivity index (χ0n) is 23.3. The molecule has 1 aromatic heterocycles. The second-order valence-electron chi connectivity index (χ2n) is 9.66. The van der Waals surface area contributed by atoms with Crippen LogP contribution in [-0.2, 0) is 43.5 Å². The molecule has 0 aliphatic heterocycles. The second kappa shape index (κ2) is 14.5. The van der Waals surface area contributed by atoms with Crippen LogP contribution in [0.4, 0.5) is 9.59 Å². The Balaban J connectivity index is 1.49. The molecule has 0 spiro atoms. The zero-order valence-corrected chi connectivity index (χ0v) is 23.3. The maximum Gasteiger partial charge on any atom is 0.514 e. The summed E-state index contributed by atoms with van der Waals surface area (Å²) in [5.74, 6) is -4.28. The van der Waals surface area contributed by atoms with E-state index in [2.05, 4.69) is 4.98 Å². The monoisotopic (exact) mass is 603 g/mol. The van der Waals surface area contributed by atoms with Crippen LogP contribution in [0.5, 0.6) is 5.75 Å². The van der Waals surface area contributed by atoms with Crippen LogP contribution in [0.25, 0.3) is 10.9 Å². The summed E-state index contributed by atoms with van der Waals surface area (Å²) in [6.45, 7) is -0.283. The summed E-state index contributed by atoms with van der Waals surface area (Å²) < 4.78 is 15.6. The minimum absolute atomic E-state index is 0.0117. The van der Waals surface area contributed by atoms with Gasteiger partial charge in [-0.05, 0) is 41.3 Å². The van der Waals surface area contributed by atoms with Gasteiger partial charge >= 0.3 is 24.2 Å². The molecule has 0 aliphatic carbocycles. The van der Waals surface area contributed by atoms with Gasteiger partial charge in [-0.2, -0.15) is 0 Å². The van der Waals surface area contributed by atoms with Crippen molar-refractivity contribution in [1.29, 1.82) is 0 Å². The van der Waals surface area contributed by atoms with Crippen molar-refractivity contribution in [2.24, 2.45) is 5.73 Å². The van der Waals surface area contributed by atoms with Gasteiger partial charge in [0.05, 0.1) is 12.5 Å². The van der Waals surface area contributed by atoms with Gasteiger partial charge in [-0.3, -0.25) is 9.59 Å². The van der Waals surface area contributed by atoms with Gasteiger partial charge in [0, 0.05) is 17.1 Å². The first-order chi connectivity index (χ1) is 21.1. The van der Waals surface area contributed by atoms with Crippen molar-refractivity contribution in [3.05, 3.63) is 102 Å². The van der Waals surface area contributed by atoms with E-state index in [-0.39, 0.29) is 30.3 Å². The molecule has 2 amide bonds. The Morgan fingerprint density at radius 3 is 2.05 bits per heavy atom. The summed E-state index contributed by atoms with van der Waals surface area (Å²) >= 11 is 0. The molecule has 0 saturated heterocycles. The molecule has 0 bridgehead atoms. The topological polar surface area (TPSA) is 199 Å². The van der Waals surface area contributed by atoms with Crippen LogP contribution >= 0.6 is 0 Å². The molecule has 13 nitrogen and oxygen atoms in total. The van der Waals surface area contributed by atoms with E-state index in [0.717, 1.165) is 5.56 Å². The van der Waals surface area contributed by atoms with Gasteiger partial charge < -0.3 is 35.1 Å².